The van der Waals surface area contributed by atoms with Gasteiger partial charge in [0.1, 0.15) is 18.2 Å². The van der Waals surface area contributed by atoms with Crippen LogP contribution in [0.2, 0.25) is 0 Å². The normalized spacial score (nSPS) is 12.7. The number of H-pyrrole nitrogens is 1. The fourth-order valence-electron chi connectivity index (χ4n) is 3.76. The van der Waals surface area contributed by atoms with Crippen LogP contribution in [0.1, 0.15) is 23.2 Å². The van der Waals surface area contributed by atoms with Crippen molar-refractivity contribution in [3.63, 3.8) is 0 Å². The zero-order valence-corrected chi connectivity index (χ0v) is 15.2. The lowest BCUT2D eigenvalue weighted by Gasteiger charge is -2.11. The molecule has 0 atom stereocenters. The Labute approximate surface area is 160 Å². The number of nitrogens with zero attached hydrogens (tertiary/aromatic N) is 3. The maximum Gasteiger partial charge on any atom is 0.331 e. The Hall–Kier alpha value is -3.60. The molecule has 0 fully saturated rings. The van der Waals surface area contributed by atoms with Crippen LogP contribution in [-0.4, -0.2) is 26.6 Å². The fraction of sp³-hybridized carbons (Fsp3) is 0.300. The number of carbonyl (C=O) groups excluding carboxylic acids is 1. The maximum absolute atomic E-state index is 12.5. The highest BCUT2D eigenvalue weighted by Crippen LogP contribution is 2.17. The van der Waals surface area contributed by atoms with E-state index >= 15 is 0 Å². The Morgan fingerprint density at radius 2 is 2.11 bits per heavy atom. The van der Waals surface area contributed by atoms with Gasteiger partial charge in [-0.05, 0) is 30.9 Å². The van der Waals surface area contributed by atoms with Crippen LogP contribution < -0.4 is 16.6 Å². The zero-order valence-electron chi connectivity index (χ0n) is 15.2. The summed E-state index contributed by atoms with van der Waals surface area (Å²) in [6.45, 7) is 0.457. The van der Waals surface area contributed by atoms with Crippen molar-refractivity contribution in [1.82, 2.24) is 19.4 Å². The Morgan fingerprint density at radius 1 is 1.29 bits per heavy atom. The number of fused-ring (bicyclic) bond motifs is 2. The molecule has 4 rings (SSSR count). The third-order valence-electron chi connectivity index (χ3n) is 5.14. The summed E-state index contributed by atoms with van der Waals surface area (Å²) < 4.78 is 2.29. The van der Waals surface area contributed by atoms with Crippen LogP contribution in [0.5, 0.6) is 0 Å². The summed E-state index contributed by atoms with van der Waals surface area (Å²) in [5, 5.41) is 13.1. The topological polar surface area (TPSA) is 113 Å². The maximum atomic E-state index is 12.5. The Bertz CT molecular complexity index is 1230. The molecule has 1 aliphatic heterocycles. The lowest BCUT2D eigenvalue weighted by molar-refractivity contribution is -0.121. The van der Waals surface area contributed by atoms with Crippen molar-refractivity contribution < 1.29 is 4.79 Å². The molecule has 8 nitrogen and oxygen atoms in total. The molecule has 28 heavy (non-hydrogen) atoms. The van der Waals surface area contributed by atoms with E-state index in [0.717, 1.165) is 21.0 Å². The first kappa shape index (κ1) is 17.8. The van der Waals surface area contributed by atoms with Crippen LogP contribution in [0.3, 0.4) is 0 Å². The van der Waals surface area contributed by atoms with Crippen molar-refractivity contribution in [1.29, 1.82) is 5.26 Å². The van der Waals surface area contributed by atoms with Gasteiger partial charge in [0, 0.05) is 35.9 Å². The van der Waals surface area contributed by atoms with Crippen molar-refractivity contribution in [3.8, 4) is 6.07 Å². The highest BCUT2D eigenvalue weighted by molar-refractivity contribution is 5.83. The highest BCUT2D eigenvalue weighted by atomic mass is 16.2. The molecule has 0 bridgehead atoms. The second kappa shape index (κ2) is 7.19. The van der Waals surface area contributed by atoms with Gasteiger partial charge in [0.15, 0.2) is 0 Å². The number of aromatic amines is 1. The molecule has 3 aromatic rings. The molecular formula is C20H19N5O3. The van der Waals surface area contributed by atoms with Crippen LogP contribution in [0.15, 0.2) is 40.1 Å². The second-order valence-corrected chi connectivity index (χ2v) is 6.82. The lowest BCUT2D eigenvalue weighted by Crippen LogP contribution is -2.45. The van der Waals surface area contributed by atoms with E-state index < -0.39 is 17.2 Å². The zero-order chi connectivity index (χ0) is 19.7. The molecule has 0 spiro atoms. The van der Waals surface area contributed by atoms with Crippen LogP contribution >= 0.6 is 0 Å². The number of nitrogens with one attached hydrogen (secondary N) is 2. The van der Waals surface area contributed by atoms with E-state index in [1.54, 1.807) is 0 Å². The number of hydrogen-bond donors (Lipinski definition) is 2. The van der Waals surface area contributed by atoms with E-state index in [1.807, 2.05) is 36.5 Å². The molecule has 0 saturated carbocycles. The summed E-state index contributed by atoms with van der Waals surface area (Å²) in [7, 11) is 0. The summed E-state index contributed by atoms with van der Waals surface area (Å²) >= 11 is 0. The molecule has 3 heterocycles. The van der Waals surface area contributed by atoms with E-state index in [9.17, 15) is 19.6 Å². The van der Waals surface area contributed by atoms with Gasteiger partial charge in [-0.15, -0.1) is 0 Å². The first-order chi connectivity index (χ1) is 13.6. The largest absolute Gasteiger partial charge is 0.361 e. The number of nitriles is 1. The van der Waals surface area contributed by atoms with Crippen LogP contribution in [0, 0.1) is 11.3 Å². The van der Waals surface area contributed by atoms with Gasteiger partial charge in [0.05, 0.1) is 0 Å². The van der Waals surface area contributed by atoms with Crippen LogP contribution in [-0.2, 0) is 30.7 Å². The molecule has 1 aliphatic rings. The molecule has 2 aromatic heterocycles. The highest BCUT2D eigenvalue weighted by Gasteiger charge is 2.23. The summed E-state index contributed by atoms with van der Waals surface area (Å²) in [6.07, 6.45) is 3.78. The smallest absolute Gasteiger partial charge is 0.331 e. The molecular weight excluding hydrogens is 358 g/mol. The minimum absolute atomic E-state index is 0.0382. The first-order valence-electron chi connectivity index (χ1n) is 9.18. The summed E-state index contributed by atoms with van der Waals surface area (Å²) in [5.41, 5.74) is 1.34. The van der Waals surface area contributed by atoms with Gasteiger partial charge in [-0.3, -0.25) is 14.2 Å². The van der Waals surface area contributed by atoms with Gasteiger partial charge < -0.3 is 10.3 Å². The van der Waals surface area contributed by atoms with E-state index in [4.69, 9.17) is 0 Å². The number of hydrogen-bond acceptors (Lipinski definition) is 4. The standard InChI is InChI=1S/C20H19N5O3/c21-10-15-17-6-3-9-24(17)20(28)25(19(15)27)12-18(26)22-8-7-13-11-23-16-5-2-1-4-14(13)16/h1-2,4-5,11,23H,3,6-9,12H2,(H,22,26). The second-order valence-electron chi connectivity index (χ2n) is 6.82. The van der Waals surface area contributed by atoms with Gasteiger partial charge in [0.25, 0.3) is 5.56 Å². The molecule has 0 aliphatic carbocycles. The SMILES string of the molecule is N#Cc1c2n(c(=O)n(CC(=O)NCCc3c[nH]c4ccccc34)c1=O)CCC2. The average Bonchev–Trinajstić information content (AvgIpc) is 3.33. The van der Waals surface area contributed by atoms with Gasteiger partial charge in [0.2, 0.25) is 5.91 Å². The number of carbonyl (C=O) groups is 1. The molecule has 142 valence electrons. The van der Waals surface area contributed by atoms with E-state index in [1.165, 1.54) is 4.57 Å². The van der Waals surface area contributed by atoms with Gasteiger partial charge >= 0.3 is 5.69 Å². The van der Waals surface area contributed by atoms with Crippen molar-refractivity contribution in [2.24, 2.45) is 0 Å². The molecule has 1 amide bonds. The minimum atomic E-state index is -0.688. The van der Waals surface area contributed by atoms with Crippen molar-refractivity contribution >= 4 is 16.8 Å². The third-order valence-corrected chi connectivity index (χ3v) is 5.14. The Morgan fingerprint density at radius 3 is 2.93 bits per heavy atom. The lowest BCUT2D eigenvalue weighted by atomic mass is 10.1. The quantitative estimate of drug-likeness (QED) is 0.680. The average molecular weight is 377 g/mol. The first-order valence-corrected chi connectivity index (χ1v) is 9.18. The van der Waals surface area contributed by atoms with E-state index in [0.29, 0.717) is 38.0 Å². The van der Waals surface area contributed by atoms with E-state index in [-0.39, 0.29) is 12.1 Å². The van der Waals surface area contributed by atoms with Crippen LogP contribution in [0.4, 0.5) is 0 Å². The van der Waals surface area contributed by atoms with E-state index in [2.05, 4.69) is 10.3 Å². The van der Waals surface area contributed by atoms with Gasteiger partial charge in [-0.1, -0.05) is 18.2 Å². The number of rotatable bonds is 5. The molecule has 2 N–H and O–H groups in total. The molecule has 0 unspecified atom stereocenters. The number of para-hydroxylation sites is 1. The summed E-state index contributed by atoms with van der Waals surface area (Å²) in [4.78, 5) is 40.5. The monoisotopic (exact) mass is 377 g/mol. The molecule has 1 aromatic carbocycles. The number of benzene rings is 1. The third kappa shape index (κ3) is 3.01. The van der Waals surface area contributed by atoms with Crippen LogP contribution in [0.25, 0.3) is 10.9 Å². The molecule has 0 saturated heterocycles. The van der Waals surface area contributed by atoms with Gasteiger partial charge in [-0.25, -0.2) is 9.36 Å². The Kier molecular flexibility index (Phi) is 4.57. The molecule has 0 radical (unpaired) electrons. The predicted octanol–water partition coefficient (Wildman–Crippen LogP) is 0.668. The predicted molar refractivity (Wildman–Crippen MR) is 103 cm³/mol. The van der Waals surface area contributed by atoms with Crippen molar-refractivity contribution in [2.45, 2.75) is 32.4 Å². The number of amides is 1. The summed E-state index contributed by atoms with van der Waals surface area (Å²) in [6, 6.07) is 9.79. The number of aromatic nitrogens is 3. The fourth-order valence-corrected chi connectivity index (χ4v) is 3.76. The minimum Gasteiger partial charge on any atom is -0.361 e. The molecule has 8 heteroatoms. The Balaban J connectivity index is 1.47. The van der Waals surface area contributed by atoms with Crippen molar-refractivity contribution in [2.75, 3.05) is 6.54 Å². The van der Waals surface area contributed by atoms with Gasteiger partial charge in [-0.2, -0.15) is 5.26 Å². The van der Waals surface area contributed by atoms with Crippen molar-refractivity contribution in [3.05, 3.63) is 68.1 Å². The summed E-state index contributed by atoms with van der Waals surface area (Å²) in [5.74, 6) is -0.429.